The number of benzene rings is 1. The van der Waals surface area contributed by atoms with E-state index in [0.29, 0.717) is 6.54 Å². The van der Waals surface area contributed by atoms with E-state index >= 15 is 0 Å². The highest BCUT2D eigenvalue weighted by atomic mass is 35.5. The molecule has 0 bridgehead atoms. The van der Waals surface area contributed by atoms with Crippen molar-refractivity contribution < 1.29 is 9.59 Å². The average Bonchev–Trinajstić information content (AvgIpc) is 2.45. The molecule has 0 spiro atoms. The van der Waals surface area contributed by atoms with Crippen LogP contribution in [0.15, 0.2) is 29.2 Å². The molecule has 0 aromatic heterocycles. The number of likely N-dealkylation sites (N-methyl/N-ethyl adjacent to an activating group) is 2. The Balaban J connectivity index is 0.00000220. The molecule has 1 unspecified atom stereocenters. The number of nitrogens with one attached hydrogen (secondary N) is 2. The Kier molecular flexibility index (Phi) is 7.01. The predicted molar refractivity (Wildman–Crippen MR) is 88.1 cm³/mol. The zero-order valence-electron chi connectivity index (χ0n) is 12.1. The average molecular weight is 330 g/mol. The van der Waals surface area contributed by atoms with E-state index in [1.165, 1.54) is 11.8 Å². The lowest BCUT2D eigenvalue weighted by Crippen LogP contribution is -2.38. The Hall–Kier alpha value is -1.24. The molecule has 2 rings (SSSR count). The normalized spacial score (nSPS) is 16.5. The molecule has 7 heteroatoms. The Bertz CT molecular complexity index is 513. The maximum atomic E-state index is 12.1. The first kappa shape index (κ1) is 17.8. The van der Waals surface area contributed by atoms with Gasteiger partial charge in [0.15, 0.2) is 0 Å². The van der Waals surface area contributed by atoms with Gasteiger partial charge in [-0.05, 0) is 19.2 Å². The van der Waals surface area contributed by atoms with Gasteiger partial charge >= 0.3 is 0 Å². The molecule has 0 radical (unpaired) electrons. The third kappa shape index (κ3) is 4.62. The molecule has 1 aromatic rings. The number of hydrogen-bond acceptors (Lipinski definition) is 4. The molecule has 0 saturated carbocycles. The number of carbonyl (C=O) groups is 2. The summed E-state index contributed by atoms with van der Waals surface area (Å²) in [5, 5.41) is 5.50. The van der Waals surface area contributed by atoms with Crippen LogP contribution >= 0.6 is 24.2 Å². The molecule has 0 aliphatic carbocycles. The van der Waals surface area contributed by atoms with E-state index < -0.39 is 0 Å². The second-order valence-corrected chi connectivity index (χ2v) is 5.96. The fourth-order valence-electron chi connectivity index (χ4n) is 1.95. The Morgan fingerprint density at radius 1 is 1.43 bits per heavy atom. The minimum atomic E-state index is -0.352. The van der Waals surface area contributed by atoms with Gasteiger partial charge in [-0.2, -0.15) is 0 Å². The molecule has 1 aromatic carbocycles. The number of rotatable bonds is 5. The van der Waals surface area contributed by atoms with Gasteiger partial charge in [0, 0.05) is 31.5 Å². The van der Waals surface area contributed by atoms with Gasteiger partial charge in [-0.1, -0.05) is 12.1 Å². The van der Waals surface area contributed by atoms with E-state index in [4.69, 9.17) is 0 Å². The number of amides is 2. The SMILES string of the molecule is CNCCN(C)C(=O)CC1Sc2ccccc2NC1=O.Cl. The van der Waals surface area contributed by atoms with Crippen molar-refractivity contribution in [1.82, 2.24) is 10.2 Å². The van der Waals surface area contributed by atoms with Gasteiger partial charge in [-0.3, -0.25) is 9.59 Å². The monoisotopic (exact) mass is 329 g/mol. The fraction of sp³-hybridized carbons (Fsp3) is 0.429. The second-order valence-electron chi connectivity index (χ2n) is 4.71. The molecule has 21 heavy (non-hydrogen) atoms. The molecule has 5 nitrogen and oxygen atoms in total. The van der Waals surface area contributed by atoms with E-state index in [0.717, 1.165) is 17.1 Å². The molecule has 0 saturated heterocycles. The lowest BCUT2D eigenvalue weighted by atomic mass is 10.2. The van der Waals surface area contributed by atoms with Crippen LogP contribution in [0.25, 0.3) is 0 Å². The van der Waals surface area contributed by atoms with Crippen molar-refractivity contribution in [3.63, 3.8) is 0 Å². The van der Waals surface area contributed by atoms with Crippen LogP contribution in [0.1, 0.15) is 6.42 Å². The van der Waals surface area contributed by atoms with E-state index in [1.54, 1.807) is 11.9 Å². The lowest BCUT2D eigenvalue weighted by molar-refractivity contribution is -0.131. The summed E-state index contributed by atoms with van der Waals surface area (Å²) in [4.78, 5) is 26.8. The number of thioether (sulfide) groups is 1. The van der Waals surface area contributed by atoms with E-state index in [-0.39, 0.29) is 35.9 Å². The maximum absolute atomic E-state index is 12.1. The molecule has 116 valence electrons. The van der Waals surface area contributed by atoms with Gasteiger partial charge in [-0.25, -0.2) is 0 Å². The maximum Gasteiger partial charge on any atom is 0.238 e. The van der Waals surface area contributed by atoms with Crippen molar-refractivity contribution in [2.75, 3.05) is 32.5 Å². The van der Waals surface area contributed by atoms with Gasteiger partial charge in [-0.15, -0.1) is 24.2 Å². The highest BCUT2D eigenvalue weighted by molar-refractivity contribution is 8.01. The predicted octanol–water partition coefficient (Wildman–Crippen LogP) is 1.59. The summed E-state index contributed by atoms with van der Waals surface area (Å²) in [5.41, 5.74) is 0.828. The molecule has 2 amide bonds. The van der Waals surface area contributed by atoms with Crippen LogP contribution in [0.4, 0.5) is 5.69 Å². The fourth-order valence-corrected chi connectivity index (χ4v) is 3.05. The van der Waals surface area contributed by atoms with Gasteiger partial charge in [0.05, 0.1) is 10.9 Å². The zero-order chi connectivity index (χ0) is 14.5. The molecular formula is C14H20ClN3O2S. The Labute approximate surface area is 135 Å². The van der Waals surface area contributed by atoms with Crippen LogP contribution < -0.4 is 10.6 Å². The number of fused-ring (bicyclic) bond motifs is 1. The molecule has 1 aliphatic rings. The van der Waals surface area contributed by atoms with Crippen LogP contribution in [0.3, 0.4) is 0 Å². The van der Waals surface area contributed by atoms with Crippen LogP contribution in [0.2, 0.25) is 0 Å². The van der Waals surface area contributed by atoms with Gasteiger partial charge in [0.1, 0.15) is 0 Å². The van der Waals surface area contributed by atoms with Crippen molar-refractivity contribution in [3.8, 4) is 0 Å². The summed E-state index contributed by atoms with van der Waals surface area (Å²) >= 11 is 1.46. The summed E-state index contributed by atoms with van der Waals surface area (Å²) in [6.07, 6.45) is 0.227. The van der Waals surface area contributed by atoms with Crippen molar-refractivity contribution in [1.29, 1.82) is 0 Å². The van der Waals surface area contributed by atoms with E-state index in [9.17, 15) is 9.59 Å². The highest BCUT2D eigenvalue weighted by Crippen LogP contribution is 2.36. The number of nitrogens with zero attached hydrogens (tertiary/aromatic N) is 1. The largest absolute Gasteiger partial charge is 0.344 e. The second kappa shape index (κ2) is 8.26. The number of para-hydroxylation sites is 1. The van der Waals surface area contributed by atoms with Gasteiger partial charge < -0.3 is 15.5 Å². The van der Waals surface area contributed by atoms with Gasteiger partial charge in [0.25, 0.3) is 0 Å². The third-order valence-corrected chi connectivity index (χ3v) is 4.46. The molecule has 2 N–H and O–H groups in total. The molecule has 1 heterocycles. The first-order valence-electron chi connectivity index (χ1n) is 6.57. The highest BCUT2D eigenvalue weighted by Gasteiger charge is 2.29. The molecule has 1 atom stereocenters. The summed E-state index contributed by atoms with van der Waals surface area (Å²) in [6, 6.07) is 7.65. The molecule has 0 fully saturated rings. The number of anilines is 1. The van der Waals surface area contributed by atoms with Crippen LogP contribution in [-0.4, -0.2) is 49.1 Å². The zero-order valence-corrected chi connectivity index (χ0v) is 13.7. The summed E-state index contributed by atoms with van der Waals surface area (Å²) in [7, 11) is 3.61. The smallest absolute Gasteiger partial charge is 0.238 e. The lowest BCUT2D eigenvalue weighted by Gasteiger charge is -2.25. The quantitative estimate of drug-likeness (QED) is 0.861. The van der Waals surface area contributed by atoms with Crippen molar-refractivity contribution in [2.45, 2.75) is 16.6 Å². The Morgan fingerprint density at radius 3 is 2.86 bits per heavy atom. The van der Waals surface area contributed by atoms with Crippen molar-refractivity contribution in [3.05, 3.63) is 24.3 Å². The van der Waals surface area contributed by atoms with Crippen LogP contribution in [-0.2, 0) is 9.59 Å². The Morgan fingerprint density at radius 2 is 2.14 bits per heavy atom. The summed E-state index contributed by atoms with van der Waals surface area (Å²) < 4.78 is 0. The van der Waals surface area contributed by atoms with Crippen LogP contribution in [0, 0.1) is 0 Å². The number of halogens is 1. The number of carbonyl (C=O) groups excluding carboxylic acids is 2. The third-order valence-electron chi connectivity index (χ3n) is 3.19. The van der Waals surface area contributed by atoms with E-state index in [1.807, 2.05) is 31.3 Å². The molecular weight excluding hydrogens is 310 g/mol. The first-order chi connectivity index (χ1) is 9.61. The summed E-state index contributed by atoms with van der Waals surface area (Å²) in [5.74, 6) is -0.101. The van der Waals surface area contributed by atoms with Crippen LogP contribution in [0.5, 0.6) is 0 Å². The minimum Gasteiger partial charge on any atom is -0.344 e. The standard InChI is InChI=1S/C14H19N3O2S.ClH/c1-15-7-8-17(2)13(18)9-12-14(19)16-10-5-3-4-6-11(10)20-12;/h3-6,12,15H,7-9H2,1-2H3,(H,16,19);1H. The van der Waals surface area contributed by atoms with Gasteiger partial charge in [0.2, 0.25) is 11.8 Å². The van der Waals surface area contributed by atoms with Crippen molar-refractivity contribution in [2.24, 2.45) is 0 Å². The summed E-state index contributed by atoms with van der Waals surface area (Å²) in [6.45, 7) is 1.39. The minimum absolute atomic E-state index is 0. The van der Waals surface area contributed by atoms with Crippen molar-refractivity contribution >= 4 is 41.7 Å². The molecule has 1 aliphatic heterocycles. The topological polar surface area (TPSA) is 61.4 Å². The number of hydrogen-bond donors (Lipinski definition) is 2. The first-order valence-corrected chi connectivity index (χ1v) is 7.45. The van der Waals surface area contributed by atoms with E-state index in [2.05, 4.69) is 10.6 Å².